The highest BCUT2D eigenvalue weighted by molar-refractivity contribution is 7.07. The SMILES string of the molecule is N#C/C(C(=O)N1CCOCC1)=c1/s/c(=C\c2ccc(F)cc2)c(=O)n1-c1ccc(F)cc1. The minimum Gasteiger partial charge on any atom is -0.378 e. The van der Waals surface area contributed by atoms with Crippen LogP contribution in [-0.4, -0.2) is 41.7 Å². The van der Waals surface area contributed by atoms with Crippen molar-refractivity contribution in [3.8, 4) is 11.8 Å². The molecule has 6 nitrogen and oxygen atoms in total. The fourth-order valence-corrected chi connectivity index (χ4v) is 4.39. The lowest BCUT2D eigenvalue weighted by atomic mass is 10.2. The van der Waals surface area contributed by atoms with Crippen LogP contribution in [0.4, 0.5) is 8.78 Å². The van der Waals surface area contributed by atoms with Crippen LogP contribution in [0.5, 0.6) is 0 Å². The first-order valence-corrected chi connectivity index (χ1v) is 10.6. The number of carbonyl (C=O) groups excluding carboxylic acids is 1. The summed E-state index contributed by atoms with van der Waals surface area (Å²) in [5.74, 6) is -1.39. The zero-order valence-electron chi connectivity index (χ0n) is 16.8. The molecule has 0 atom stereocenters. The molecule has 9 heteroatoms. The summed E-state index contributed by atoms with van der Waals surface area (Å²) in [4.78, 5) is 27.9. The van der Waals surface area contributed by atoms with Crippen LogP contribution in [0.25, 0.3) is 17.3 Å². The minimum atomic E-state index is -0.499. The third-order valence-corrected chi connectivity index (χ3v) is 6.01. The van der Waals surface area contributed by atoms with Gasteiger partial charge in [-0.2, -0.15) is 5.26 Å². The summed E-state index contributed by atoms with van der Waals surface area (Å²) in [5, 5.41) is 9.83. The average molecular weight is 453 g/mol. The van der Waals surface area contributed by atoms with Crippen molar-refractivity contribution in [1.29, 1.82) is 5.26 Å². The van der Waals surface area contributed by atoms with E-state index in [1.807, 2.05) is 6.07 Å². The molecule has 4 rings (SSSR count). The Morgan fingerprint density at radius 1 is 1.03 bits per heavy atom. The average Bonchev–Trinajstić information content (AvgIpc) is 3.12. The summed E-state index contributed by atoms with van der Waals surface area (Å²) >= 11 is 0.978. The highest BCUT2D eigenvalue weighted by Crippen LogP contribution is 2.09. The van der Waals surface area contributed by atoms with Gasteiger partial charge in [0.1, 0.15) is 22.4 Å². The molecule has 0 saturated carbocycles. The van der Waals surface area contributed by atoms with Gasteiger partial charge in [0.05, 0.1) is 23.4 Å². The molecule has 0 aliphatic carbocycles. The van der Waals surface area contributed by atoms with Crippen molar-refractivity contribution in [2.24, 2.45) is 0 Å². The van der Waals surface area contributed by atoms with E-state index < -0.39 is 23.1 Å². The van der Waals surface area contributed by atoms with Gasteiger partial charge in [0, 0.05) is 13.1 Å². The molecule has 0 N–H and O–H groups in total. The standard InChI is InChI=1S/C23H17F2N3O3S/c24-16-3-1-15(2-4-16)13-20-22(30)28(18-7-5-17(25)6-8-18)23(32-20)19(14-26)21(29)27-9-11-31-12-10-27/h1-8,13H,9-12H2/b20-13-,23-19-. The lowest BCUT2D eigenvalue weighted by Gasteiger charge is -2.26. The van der Waals surface area contributed by atoms with E-state index in [4.69, 9.17) is 4.74 Å². The zero-order valence-corrected chi connectivity index (χ0v) is 17.6. The predicted molar refractivity (Wildman–Crippen MR) is 116 cm³/mol. The fraction of sp³-hybridized carbons (Fsp3) is 0.174. The molecule has 1 amide bonds. The van der Waals surface area contributed by atoms with Gasteiger partial charge in [-0.25, -0.2) is 8.78 Å². The first-order chi connectivity index (χ1) is 15.5. The highest BCUT2D eigenvalue weighted by atomic mass is 32.1. The van der Waals surface area contributed by atoms with Crippen molar-refractivity contribution in [1.82, 2.24) is 9.47 Å². The molecule has 1 aliphatic rings. The number of hydrogen-bond donors (Lipinski definition) is 0. The molecule has 162 valence electrons. The van der Waals surface area contributed by atoms with Gasteiger partial charge in [-0.3, -0.25) is 14.2 Å². The largest absolute Gasteiger partial charge is 0.378 e. The fourth-order valence-electron chi connectivity index (χ4n) is 3.30. The van der Waals surface area contributed by atoms with Gasteiger partial charge in [0.15, 0.2) is 5.57 Å². The Bertz CT molecular complexity index is 1360. The number of carbonyl (C=O) groups is 1. The van der Waals surface area contributed by atoms with Gasteiger partial charge < -0.3 is 9.64 Å². The van der Waals surface area contributed by atoms with Crippen molar-refractivity contribution < 1.29 is 18.3 Å². The van der Waals surface area contributed by atoms with Crippen molar-refractivity contribution >= 4 is 28.9 Å². The lowest BCUT2D eigenvalue weighted by molar-refractivity contribution is -0.128. The van der Waals surface area contributed by atoms with Gasteiger partial charge in [0.25, 0.3) is 11.5 Å². The summed E-state index contributed by atoms with van der Waals surface area (Å²) in [6, 6.07) is 12.7. The molecule has 0 spiro atoms. The van der Waals surface area contributed by atoms with Crippen LogP contribution in [0.1, 0.15) is 5.56 Å². The van der Waals surface area contributed by atoms with E-state index in [-0.39, 0.29) is 14.8 Å². The van der Waals surface area contributed by atoms with E-state index in [0.29, 0.717) is 37.6 Å². The van der Waals surface area contributed by atoms with Crippen molar-refractivity contribution in [2.45, 2.75) is 0 Å². The van der Waals surface area contributed by atoms with Gasteiger partial charge in [-0.05, 0) is 48.0 Å². The van der Waals surface area contributed by atoms with Crippen LogP contribution in [0, 0.1) is 23.0 Å². The number of amides is 1. The second-order valence-corrected chi connectivity index (χ2v) is 8.01. The van der Waals surface area contributed by atoms with Crippen LogP contribution < -0.4 is 14.8 Å². The molecular weight excluding hydrogens is 436 g/mol. The Balaban J connectivity index is 1.97. The van der Waals surface area contributed by atoms with E-state index in [1.54, 1.807) is 6.08 Å². The maximum Gasteiger partial charge on any atom is 0.273 e. The zero-order chi connectivity index (χ0) is 22.7. The third kappa shape index (κ3) is 4.37. The number of ether oxygens (including phenoxy) is 1. The number of benzene rings is 2. The Labute approximate surface area is 185 Å². The molecule has 3 aromatic rings. The monoisotopic (exact) mass is 453 g/mol. The lowest BCUT2D eigenvalue weighted by Crippen LogP contribution is -2.42. The number of aromatic nitrogens is 1. The molecule has 1 aromatic heterocycles. The van der Waals surface area contributed by atoms with Crippen molar-refractivity contribution in [3.63, 3.8) is 0 Å². The second-order valence-electron chi connectivity index (χ2n) is 6.98. The van der Waals surface area contributed by atoms with E-state index in [2.05, 4.69) is 0 Å². The van der Waals surface area contributed by atoms with Crippen LogP contribution in [0.3, 0.4) is 0 Å². The molecule has 0 bridgehead atoms. The Morgan fingerprint density at radius 2 is 1.62 bits per heavy atom. The molecule has 1 aliphatic heterocycles. The van der Waals surface area contributed by atoms with Gasteiger partial charge in [-0.1, -0.05) is 12.1 Å². The highest BCUT2D eigenvalue weighted by Gasteiger charge is 2.24. The van der Waals surface area contributed by atoms with Gasteiger partial charge >= 0.3 is 0 Å². The number of hydrogen-bond acceptors (Lipinski definition) is 5. The molecule has 1 saturated heterocycles. The molecule has 2 aromatic carbocycles. The number of morpholine rings is 1. The van der Waals surface area contributed by atoms with Crippen LogP contribution in [0.15, 0.2) is 53.3 Å². The summed E-state index contributed by atoms with van der Waals surface area (Å²) < 4.78 is 33.6. The number of rotatable bonds is 3. The van der Waals surface area contributed by atoms with Gasteiger partial charge in [-0.15, -0.1) is 11.3 Å². The summed E-state index contributed by atoms with van der Waals surface area (Å²) in [6.07, 6.45) is 1.56. The van der Waals surface area contributed by atoms with E-state index >= 15 is 0 Å². The van der Waals surface area contributed by atoms with Gasteiger partial charge in [0.2, 0.25) is 0 Å². The molecule has 1 fully saturated rings. The minimum absolute atomic E-state index is 0.147. The molecular formula is C23H17F2N3O3S. The van der Waals surface area contributed by atoms with E-state index in [0.717, 1.165) is 11.3 Å². The Hall–Kier alpha value is -3.61. The molecule has 0 unspecified atom stereocenters. The maximum atomic E-state index is 13.5. The van der Waals surface area contributed by atoms with Crippen molar-refractivity contribution in [3.05, 3.63) is 85.3 Å². The number of nitrogens with zero attached hydrogens (tertiary/aromatic N) is 3. The molecule has 2 heterocycles. The summed E-state index contributed by atoms with van der Waals surface area (Å²) in [6.45, 7) is 1.40. The van der Waals surface area contributed by atoms with Crippen molar-refractivity contribution in [2.75, 3.05) is 26.3 Å². The number of thiazole rings is 1. The summed E-state index contributed by atoms with van der Waals surface area (Å²) in [7, 11) is 0. The van der Waals surface area contributed by atoms with Crippen LogP contribution >= 0.6 is 11.3 Å². The Morgan fingerprint density at radius 3 is 2.22 bits per heavy atom. The summed E-state index contributed by atoms with van der Waals surface area (Å²) in [5.41, 5.74) is 0.255. The first kappa shape index (κ1) is 21.6. The number of halogens is 2. The first-order valence-electron chi connectivity index (χ1n) is 9.74. The molecule has 32 heavy (non-hydrogen) atoms. The molecule has 0 radical (unpaired) electrons. The second kappa shape index (κ2) is 9.26. The normalized spacial score (nSPS) is 15.4. The number of nitriles is 1. The topological polar surface area (TPSA) is 75.3 Å². The quantitative estimate of drug-likeness (QED) is 0.603. The Kier molecular flexibility index (Phi) is 6.25. The van der Waals surface area contributed by atoms with E-state index in [1.165, 1.54) is 58.0 Å². The smallest absolute Gasteiger partial charge is 0.273 e. The third-order valence-electron chi connectivity index (χ3n) is 4.91. The maximum absolute atomic E-state index is 13.5. The van der Waals surface area contributed by atoms with Crippen LogP contribution in [-0.2, 0) is 9.53 Å². The van der Waals surface area contributed by atoms with E-state index in [9.17, 15) is 23.6 Å². The predicted octanol–water partition coefficient (Wildman–Crippen LogP) is 1.54. The van der Waals surface area contributed by atoms with Crippen LogP contribution in [0.2, 0.25) is 0 Å².